The zero-order chi connectivity index (χ0) is 10.6. The summed E-state index contributed by atoms with van der Waals surface area (Å²) in [4.78, 5) is 0. The number of hydrogen-bond donors (Lipinski definition) is 1. The van der Waals surface area contributed by atoms with E-state index in [1.807, 2.05) is 0 Å². The third-order valence-electron chi connectivity index (χ3n) is 2.26. The Balaban J connectivity index is 2.75. The zero-order valence-corrected chi connectivity index (χ0v) is 8.89. The van der Waals surface area contributed by atoms with Gasteiger partial charge in [0.25, 0.3) is 0 Å². The van der Waals surface area contributed by atoms with Crippen LogP contribution in [0.25, 0.3) is 0 Å². The van der Waals surface area contributed by atoms with E-state index in [-0.39, 0.29) is 5.82 Å². The van der Waals surface area contributed by atoms with E-state index in [9.17, 15) is 9.50 Å². The zero-order valence-electron chi connectivity index (χ0n) is 8.13. The molecule has 0 fully saturated rings. The average Bonchev–Trinajstić information content (AvgIpc) is 2.16. The Hall–Kier alpha value is -0.600. The number of hydrogen-bond acceptors (Lipinski definition) is 1. The van der Waals surface area contributed by atoms with Crippen molar-refractivity contribution in [3.8, 4) is 0 Å². The van der Waals surface area contributed by atoms with E-state index >= 15 is 0 Å². The van der Waals surface area contributed by atoms with Gasteiger partial charge in [0.15, 0.2) is 0 Å². The van der Waals surface area contributed by atoms with Crippen LogP contribution < -0.4 is 0 Å². The Morgan fingerprint density at radius 1 is 1.36 bits per heavy atom. The van der Waals surface area contributed by atoms with Gasteiger partial charge in [0.1, 0.15) is 5.82 Å². The van der Waals surface area contributed by atoms with Crippen LogP contribution in [0, 0.1) is 5.82 Å². The lowest BCUT2D eigenvalue weighted by Gasteiger charge is -2.23. The molecule has 0 saturated heterocycles. The van der Waals surface area contributed by atoms with Crippen molar-refractivity contribution in [1.29, 1.82) is 0 Å². The third-order valence-corrected chi connectivity index (χ3v) is 2.53. The van der Waals surface area contributed by atoms with Crippen LogP contribution in [0.4, 0.5) is 4.39 Å². The van der Waals surface area contributed by atoms with Gasteiger partial charge in [0, 0.05) is 5.88 Å². The number of alkyl halides is 1. The molecule has 0 radical (unpaired) electrons. The van der Waals surface area contributed by atoms with E-state index < -0.39 is 5.60 Å². The maximum atomic E-state index is 12.6. The molecule has 1 rings (SSSR count). The summed E-state index contributed by atoms with van der Waals surface area (Å²) in [5.74, 6) is 0.235. The maximum absolute atomic E-state index is 12.6. The minimum absolute atomic E-state index is 0.290. The Bertz CT molecular complexity index is 282. The van der Waals surface area contributed by atoms with Crippen molar-refractivity contribution in [2.24, 2.45) is 0 Å². The molecule has 0 spiro atoms. The first kappa shape index (κ1) is 11.5. The fourth-order valence-electron chi connectivity index (χ4n) is 1.36. The number of halogens is 2. The molecule has 1 atom stereocenters. The van der Waals surface area contributed by atoms with Gasteiger partial charge in [-0.1, -0.05) is 12.1 Å². The van der Waals surface area contributed by atoms with Crippen molar-refractivity contribution in [2.75, 3.05) is 5.88 Å². The third kappa shape index (κ3) is 2.96. The van der Waals surface area contributed by atoms with Crippen LogP contribution in [-0.4, -0.2) is 11.0 Å². The fourth-order valence-corrected chi connectivity index (χ4v) is 1.50. The van der Waals surface area contributed by atoms with Crippen LogP contribution in [-0.2, 0) is 5.60 Å². The van der Waals surface area contributed by atoms with Crippen molar-refractivity contribution < 1.29 is 9.50 Å². The lowest BCUT2D eigenvalue weighted by atomic mass is 9.91. The highest BCUT2D eigenvalue weighted by Gasteiger charge is 2.21. The summed E-state index contributed by atoms with van der Waals surface area (Å²) >= 11 is 5.55. The molecule has 0 aliphatic carbocycles. The van der Waals surface area contributed by atoms with Gasteiger partial charge in [-0.2, -0.15) is 0 Å². The summed E-state index contributed by atoms with van der Waals surface area (Å²) < 4.78 is 12.6. The molecular weight excluding hydrogens is 203 g/mol. The smallest absolute Gasteiger partial charge is 0.123 e. The molecule has 1 unspecified atom stereocenters. The molecular formula is C11H14ClFO. The minimum atomic E-state index is -0.914. The molecule has 0 aliphatic rings. The fraction of sp³-hybridized carbons (Fsp3) is 0.455. The van der Waals surface area contributed by atoms with E-state index in [4.69, 9.17) is 11.6 Å². The van der Waals surface area contributed by atoms with Gasteiger partial charge in [0.05, 0.1) is 5.60 Å². The van der Waals surface area contributed by atoms with Gasteiger partial charge in [-0.25, -0.2) is 4.39 Å². The summed E-state index contributed by atoms with van der Waals surface area (Å²) in [5.41, 5.74) is -0.188. The lowest BCUT2D eigenvalue weighted by molar-refractivity contribution is 0.0471. The van der Waals surface area contributed by atoms with Crippen LogP contribution in [0.3, 0.4) is 0 Å². The molecule has 0 bridgehead atoms. The monoisotopic (exact) mass is 216 g/mol. The first-order valence-electron chi connectivity index (χ1n) is 4.60. The van der Waals surface area contributed by atoms with Crippen molar-refractivity contribution in [2.45, 2.75) is 25.4 Å². The van der Waals surface area contributed by atoms with Gasteiger partial charge in [-0.15, -0.1) is 11.6 Å². The predicted molar refractivity (Wildman–Crippen MR) is 55.9 cm³/mol. The number of rotatable bonds is 4. The average molecular weight is 217 g/mol. The minimum Gasteiger partial charge on any atom is -0.385 e. The predicted octanol–water partition coefficient (Wildman–Crippen LogP) is 3.05. The van der Waals surface area contributed by atoms with Crippen molar-refractivity contribution in [1.82, 2.24) is 0 Å². The number of aliphatic hydroxyl groups is 1. The van der Waals surface area contributed by atoms with Crippen molar-refractivity contribution in [3.63, 3.8) is 0 Å². The highest BCUT2D eigenvalue weighted by Crippen LogP contribution is 2.25. The van der Waals surface area contributed by atoms with E-state index in [1.165, 1.54) is 12.1 Å². The van der Waals surface area contributed by atoms with E-state index in [0.717, 1.165) is 12.0 Å². The second kappa shape index (κ2) is 4.76. The summed E-state index contributed by atoms with van der Waals surface area (Å²) in [6.45, 7) is 1.72. The van der Waals surface area contributed by atoms with Gasteiger partial charge >= 0.3 is 0 Å². The lowest BCUT2D eigenvalue weighted by Crippen LogP contribution is -2.21. The highest BCUT2D eigenvalue weighted by molar-refractivity contribution is 6.17. The molecule has 1 nitrogen and oxygen atoms in total. The number of benzene rings is 1. The molecule has 0 heterocycles. The normalized spacial score (nSPS) is 15.1. The van der Waals surface area contributed by atoms with Crippen LogP contribution >= 0.6 is 11.6 Å². The van der Waals surface area contributed by atoms with Crippen molar-refractivity contribution >= 4 is 11.6 Å². The summed E-state index contributed by atoms with van der Waals surface area (Å²) in [6.07, 6.45) is 1.33. The van der Waals surface area contributed by atoms with Gasteiger partial charge in [-0.3, -0.25) is 0 Å². The molecule has 0 aromatic heterocycles. The van der Waals surface area contributed by atoms with E-state index in [0.29, 0.717) is 12.3 Å². The Morgan fingerprint density at radius 3 is 2.43 bits per heavy atom. The largest absolute Gasteiger partial charge is 0.385 e. The van der Waals surface area contributed by atoms with Gasteiger partial charge in [0.2, 0.25) is 0 Å². The van der Waals surface area contributed by atoms with Crippen LogP contribution in [0.5, 0.6) is 0 Å². The van der Waals surface area contributed by atoms with Gasteiger partial charge in [-0.05, 0) is 37.5 Å². The second-order valence-corrected chi connectivity index (χ2v) is 3.95. The quantitative estimate of drug-likeness (QED) is 0.767. The molecule has 1 N–H and O–H groups in total. The van der Waals surface area contributed by atoms with Crippen LogP contribution in [0.15, 0.2) is 24.3 Å². The van der Waals surface area contributed by atoms with E-state index in [1.54, 1.807) is 19.1 Å². The molecule has 1 aromatic carbocycles. The second-order valence-electron chi connectivity index (χ2n) is 3.57. The molecule has 3 heteroatoms. The SMILES string of the molecule is CC(O)(CCCCl)c1ccc(F)cc1. The summed E-state index contributed by atoms with van der Waals surface area (Å²) in [6, 6.07) is 5.90. The molecule has 0 saturated carbocycles. The summed E-state index contributed by atoms with van der Waals surface area (Å²) in [7, 11) is 0. The Kier molecular flexibility index (Phi) is 3.90. The van der Waals surface area contributed by atoms with Crippen LogP contribution in [0.2, 0.25) is 0 Å². The standard InChI is InChI=1S/C11H14ClFO/c1-11(14,7-2-8-12)9-3-5-10(13)6-4-9/h3-6,14H,2,7-8H2,1H3. The molecule has 14 heavy (non-hydrogen) atoms. The molecule has 0 aliphatic heterocycles. The molecule has 78 valence electrons. The van der Waals surface area contributed by atoms with Crippen LogP contribution in [0.1, 0.15) is 25.3 Å². The first-order valence-corrected chi connectivity index (χ1v) is 5.14. The van der Waals surface area contributed by atoms with Gasteiger partial charge < -0.3 is 5.11 Å². The first-order chi connectivity index (χ1) is 6.56. The molecule has 1 aromatic rings. The van der Waals surface area contributed by atoms with Crippen molar-refractivity contribution in [3.05, 3.63) is 35.6 Å². The highest BCUT2D eigenvalue weighted by atomic mass is 35.5. The molecule has 0 amide bonds. The maximum Gasteiger partial charge on any atom is 0.123 e. The Labute approximate surface area is 88.5 Å². The Morgan fingerprint density at radius 2 is 1.93 bits per heavy atom. The van der Waals surface area contributed by atoms with E-state index in [2.05, 4.69) is 0 Å². The summed E-state index contributed by atoms with van der Waals surface area (Å²) in [5, 5.41) is 10.0. The topological polar surface area (TPSA) is 20.2 Å².